The van der Waals surface area contributed by atoms with Crippen LogP contribution in [0.25, 0.3) is 0 Å². The first-order valence-electron chi connectivity index (χ1n) is 5.98. The molecule has 2 N–H and O–H groups in total. The van der Waals surface area contributed by atoms with Crippen LogP contribution >= 0.6 is 11.8 Å². The van der Waals surface area contributed by atoms with E-state index in [-0.39, 0.29) is 11.7 Å². The summed E-state index contributed by atoms with van der Waals surface area (Å²) in [7, 11) is 0. The summed E-state index contributed by atoms with van der Waals surface area (Å²) >= 11 is 1.27. The van der Waals surface area contributed by atoms with Gasteiger partial charge in [0.15, 0.2) is 5.16 Å². The zero-order chi connectivity index (χ0) is 14.0. The number of aromatic amines is 1. The third kappa shape index (κ3) is 2.87. The number of hydrogen-bond acceptors (Lipinski definition) is 5. The first-order chi connectivity index (χ1) is 9.00. The lowest BCUT2D eigenvalue weighted by Gasteiger charge is -2.11. The Morgan fingerprint density at radius 2 is 2.16 bits per heavy atom. The van der Waals surface area contributed by atoms with Gasteiger partial charge in [-0.3, -0.25) is 4.57 Å². The molecular weight excluding hydrogens is 264 g/mol. The molecule has 0 fully saturated rings. The molecule has 102 valence electrons. The average molecular weight is 280 g/mol. The monoisotopic (exact) mass is 280 g/mol. The van der Waals surface area contributed by atoms with Crippen molar-refractivity contribution in [2.75, 3.05) is 0 Å². The van der Waals surface area contributed by atoms with Gasteiger partial charge in [-0.1, -0.05) is 6.07 Å². The van der Waals surface area contributed by atoms with E-state index in [1.807, 2.05) is 19.9 Å². The largest absolute Gasteiger partial charge is 0.389 e. The molecule has 6 nitrogen and oxygen atoms in total. The lowest BCUT2D eigenvalue weighted by atomic mass is 10.2. The number of nitrogens with zero attached hydrogens (tertiary/aromatic N) is 3. The number of hydrogen-bond donors (Lipinski definition) is 2. The number of pyridine rings is 1. The van der Waals surface area contributed by atoms with Gasteiger partial charge in [-0.2, -0.15) is 0 Å². The normalized spacial score (nSPS) is 12.9. The zero-order valence-electron chi connectivity index (χ0n) is 11.0. The fourth-order valence-electron chi connectivity index (χ4n) is 1.71. The molecular formula is C12H16N4O2S. The summed E-state index contributed by atoms with van der Waals surface area (Å²) < 4.78 is 1.56. The van der Waals surface area contributed by atoms with E-state index in [1.54, 1.807) is 23.8 Å². The summed E-state index contributed by atoms with van der Waals surface area (Å²) in [6.07, 6.45) is 1.04. The summed E-state index contributed by atoms with van der Waals surface area (Å²) in [5.74, 6) is 0. The standard InChI is InChI=1S/C12H16N4O2S/c1-7(2)16-11(18)14-15-12(16)19-10-9(8(3)17)5-4-6-13-10/h4-8,17H,1-3H3,(H,14,18)/t8-/m0/s1. The highest BCUT2D eigenvalue weighted by molar-refractivity contribution is 7.99. The van der Waals surface area contributed by atoms with Crippen LogP contribution in [-0.4, -0.2) is 24.9 Å². The van der Waals surface area contributed by atoms with Gasteiger partial charge in [0.2, 0.25) is 0 Å². The second-order valence-electron chi connectivity index (χ2n) is 4.45. The van der Waals surface area contributed by atoms with Crippen LogP contribution in [0.4, 0.5) is 0 Å². The van der Waals surface area contributed by atoms with Crippen molar-refractivity contribution >= 4 is 11.8 Å². The number of rotatable bonds is 4. The molecule has 2 aromatic heterocycles. The van der Waals surface area contributed by atoms with Gasteiger partial charge in [-0.15, -0.1) is 5.10 Å². The molecule has 2 rings (SSSR count). The SMILES string of the molecule is CC(C)n1c(Sc2ncccc2[C@H](C)O)n[nH]c1=O. The van der Waals surface area contributed by atoms with Crippen molar-refractivity contribution in [1.82, 2.24) is 19.7 Å². The second kappa shape index (κ2) is 5.58. The van der Waals surface area contributed by atoms with Crippen LogP contribution in [0.2, 0.25) is 0 Å². The average Bonchev–Trinajstić information content (AvgIpc) is 2.71. The quantitative estimate of drug-likeness (QED) is 0.891. The maximum atomic E-state index is 11.7. The predicted molar refractivity (Wildman–Crippen MR) is 72.2 cm³/mol. The van der Waals surface area contributed by atoms with Crippen LogP contribution < -0.4 is 5.69 Å². The molecule has 0 aromatic carbocycles. The molecule has 0 unspecified atom stereocenters. The lowest BCUT2D eigenvalue weighted by Crippen LogP contribution is -2.19. The Labute approximate surface area is 114 Å². The molecule has 0 radical (unpaired) electrons. The first kappa shape index (κ1) is 13.8. The summed E-state index contributed by atoms with van der Waals surface area (Å²) in [5.41, 5.74) is 0.477. The van der Waals surface area contributed by atoms with E-state index < -0.39 is 6.10 Å². The van der Waals surface area contributed by atoms with Gasteiger partial charge in [0.25, 0.3) is 0 Å². The second-order valence-corrected chi connectivity index (χ2v) is 5.41. The van der Waals surface area contributed by atoms with Crippen molar-refractivity contribution in [1.29, 1.82) is 0 Å². The Morgan fingerprint density at radius 1 is 1.42 bits per heavy atom. The highest BCUT2D eigenvalue weighted by Crippen LogP contribution is 2.30. The van der Waals surface area contributed by atoms with Crippen LogP contribution in [-0.2, 0) is 0 Å². The van der Waals surface area contributed by atoms with Crippen molar-refractivity contribution in [3.63, 3.8) is 0 Å². The minimum Gasteiger partial charge on any atom is -0.389 e. The Morgan fingerprint density at radius 3 is 2.79 bits per heavy atom. The summed E-state index contributed by atoms with van der Waals surface area (Å²) in [6.45, 7) is 5.51. The smallest absolute Gasteiger partial charge is 0.344 e. The molecule has 1 atom stereocenters. The molecule has 0 aliphatic rings. The van der Waals surface area contributed by atoms with E-state index in [0.29, 0.717) is 10.2 Å². The fraction of sp³-hybridized carbons (Fsp3) is 0.417. The molecule has 0 saturated carbocycles. The van der Waals surface area contributed by atoms with Crippen LogP contribution in [0.5, 0.6) is 0 Å². The van der Waals surface area contributed by atoms with Crippen LogP contribution in [0.3, 0.4) is 0 Å². The summed E-state index contributed by atoms with van der Waals surface area (Å²) in [5, 5.41) is 17.3. The van der Waals surface area contributed by atoms with E-state index in [2.05, 4.69) is 15.2 Å². The third-order valence-corrected chi connectivity index (χ3v) is 3.63. The topological polar surface area (TPSA) is 83.8 Å². The van der Waals surface area contributed by atoms with Gasteiger partial charge in [0, 0.05) is 17.8 Å². The molecule has 0 saturated heterocycles. The molecule has 19 heavy (non-hydrogen) atoms. The van der Waals surface area contributed by atoms with E-state index in [0.717, 1.165) is 5.56 Å². The van der Waals surface area contributed by atoms with Gasteiger partial charge >= 0.3 is 5.69 Å². The highest BCUT2D eigenvalue weighted by Gasteiger charge is 2.16. The Kier molecular flexibility index (Phi) is 4.06. The highest BCUT2D eigenvalue weighted by atomic mass is 32.2. The molecule has 2 heterocycles. The summed E-state index contributed by atoms with van der Waals surface area (Å²) in [4.78, 5) is 15.9. The van der Waals surface area contributed by atoms with Gasteiger partial charge in [0.05, 0.1) is 6.10 Å². The van der Waals surface area contributed by atoms with Crippen molar-refractivity contribution in [2.24, 2.45) is 0 Å². The minimum atomic E-state index is -0.616. The number of nitrogens with one attached hydrogen (secondary N) is 1. The molecule has 7 heteroatoms. The van der Waals surface area contributed by atoms with Gasteiger partial charge in [0.1, 0.15) is 5.03 Å². The molecule has 0 bridgehead atoms. The number of aliphatic hydroxyl groups is 1. The molecule has 2 aromatic rings. The van der Waals surface area contributed by atoms with Gasteiger partial charge in [-0.25, -0.2) is 14.9 Å². The molecule has 0 aliphatic carbocycles. The lowest BCUT2D eigenvalue weighted by molar-refractivity contribution is 0.195. The minimum absolute atomic E-state index is 0.00691. The zero-order valence-corrected chi connectivity index (χ0v) is 11.8. The van der Waals surface area contributed by atoms with Crippen LogP contribution in [0.1, 0.15) is 38.5 Å². The van der Waals surface area contributed by atoms with E-state index >= 15 is 0 Å². The molecule has 0 amide bonds. The van der Waals surface area contributed by atoms with Crippen LogP contribution in [0, 0.1) is 0 Å². The molecule has 0 aliphatic heterocycles. The van der Waals surface area contributed by atoms with Crippen molar-refractivity contribution in [3.8, 4) is 0 Å². The third-order valence-electron chi connectivity index (χ3n) is 2.63. The maximum absolute atomic E-state index is 11.7. The number of aliphatic hydroxyl groups excluding tert-OH is 1. The Hall–Kier alpha value is -1.60. The van der Waals surface area contributed by atoms with Crippen molar-refractivity contribution in [3.05, 3.63) is 34.4 Å². The van der Waals surface area contributed by atoms with Gasteiger partial charge < -0.3 is 5.11 Å². The summed E-state index contributed by atoms with van der Waals surface area (Å²) in [6, 6.07) is 3.59. The Balaban J connectivity index is 2.40. The van der Waals surface area contributed by atoms with Crippen LogP contribution in [0.15, 0.2) is 33.3 Å². The first-order valence-corrected chi connectivity index (χ1v) is 6.80. The fourth-order valence-corrected chi connectivity index (χ4v) is 2.84. The van der Waals surface area contributed by atoms with Crippen molar-refractivity contribution in [2.45, 2.75) is 43.1 Å². The van der Waals surface area contributed by atoms with Crippen molar-refractivity contribution < 1.29 is 5.11 Å². The number of H-pyrrole nitrogens is 1. The van der Waals surface area contributed by atoms with Gasteiger partial charge in [-0.05, 0) is 38.6 Å². The Bertz CT molecular complexity index is 618. The van der Waals surface area contributed by atoms with E-state index in [4.69, 9.17) is 0 Å². The van der Waals surface area contributed by atoms with E-state index in [9.17, 15) is 9.90 Å². The van der Waals surface area contributed by atoms with E-state index in [1.165, 1.54) is 11.8 Å². The maximum Gasteiger partial charge on any atom is 0.344 e. The number of aromatic nitrogens is 4. The molecule has 0 spiro atoms. The predicted octanol–water partition coefficient (Wildman–Crippen LogP) is 1.75.